The molecule has 2 fully saturated rings. The lowest BCUT2D eigenvalue weighted by molar-refractivity contribution is -0.123. The van der Waals surface area contributed by atoms with Gasteiger partial charge in [0.2, 0.25) is 5.91 Å². The normalized spacial score (nSPS) is 21.4. The number of carbonyl (C=O) groups excluding carboxylic acids is 2. The Labute approximate surface area is 281 Å². The minimum absolute atomic E-state index is 0.0140. The molecule has 8 heteroatoms. The molecule has 1 aromatic heterocycles. The van der Waals surface area contributed by atoms with Crippen molar-refractivity contribution in [3.8, 4) is 16.9 Å². The van der Waals surface area contributed by atoms with Gasteiger partial charge in [0, 0.05) is 42.5 Å². The molecule has 254 valence electrons. The summed E-state index contributed by atoms with van der Waals surface area (Å²) in [5.41, 5.74) is 5.69. The van der Waals surface area contributed by atoms with E-state index in [0.29, 0.717) is 24.3 Å². The van der Waals surface area contributed by atoms with Crippen LogP contribution in [-0.4, -0.2) is 48.1 Å². The number of amides is 2. The summed E-state index contributed by atoms with van der Waals surface area (Å²) in [7, 11) is 1.73. The molecule has 2 aromatic carbocycles. The third-order valence-corrected chi connectivity index (χ3v) is 10.1. The Kier molecular flexibility index (Phi) is 11.6. The number of nitrogens with one attached hydrogen (secondary N) is 1. The molecule has 2 saturated carbocycles. The quantitative estimate of drug-likeness (QED) is 0.226. The summed E-state index contributed by atoms with van der Waals surface area (Å²) in [6.07, 6.45) is 11.5. The number of alkyl carbamates (subject to hydrolysis) is 1. The van der Waals surface area contributed by atoms with E-state index in [2.05, 4.69) is 84.7 Å². The van der Waals surface area contributed by atoms with E-state index in [1.807, 2.05) is 24.7 Å². The Bertz CT molecular complexity index is 1480. The predicted octanol–water partition coefficient (Wildman–Crippen LogP) is 8.70. The summed E-state index contributed by atoms with van der Waals surface area (Å²) in [5.74, 6) is 2.52. The second-order valence-corrected chi connectivity index (χ2v) is 14.3. The van der Waals surface area contributed by atoms with Gasteiger partial charge in [-0.3, -0.25) is 9.48 Å². The van der Waals surface area contributed by atoms with Crippen molar-refractivity contribution in [1.29, 1.82) is 0 Å². The molecule has 8 nitrogen and oxygen atoms in total. The lowest BCUT2D eigenvalue weighted by Gasteiger charge is -2.36. The molecule has 0 atom stereocenters. The van der Waals surface area contributed by atoms with Crippen molar-refractivity contribution in [1.82, 2.24) is 15.1 Å². The van der Waals surface area contributed by atoms with Crippen molar-refractivity contribution in [3.05, 3.63) is 66.0 Å². The van der Waals surface area contributed by atoms with Crippen molar-refractivity contribution in [2.24, 2.45) is 17.8 Å². The van der Waals surface area contributed by atoms with Crippen molar-refractivity contribution in [2.75, 3.05) is 25.1 Å². The maximum atomic E-state index is 14.4. The van der Waals surface area contributed by atoms with Crippen LogP contribution < -0.4 is 15.0 Å². The zero-order chi connectivity index (χ0) is 33.5. The highest BCUT2D eigenvalue weighted by Crippen LogP contribution is 2.39. The van der Waals surface area contributed by atoms with E-state index in [1.54, 1.807) is 7.11 Å². The van der Waals surface area contributed by atoms with Gasteiger partial charge < -0.3 is 19.7 Å². The third-order valence-electron chi connectivity index (χ3n) is 10.1. The minimum Gasteiger partial charge on any atom is -0.496 e. The van der Waals surface area contributed by atoms with Gasteiger partial charge in [0.15, 0.2) is 0 Å². The van der Waals surface area contributed by atoms with Gasteiger partial charge >= 0.3 is 6.09 Å². The summed E-state index contributed by atoms with van der Waals surface area (Å²) in [4.78, 5) is 28.5. The van der Waals surface area contributed by atoms with E-state index in [0.717, 1.165) is 80.5 Å². The topological polar surface area (TPSA) is 85.7 Å². The molecule has 0 bridgehead atoms. The minimum atomic E-state index is -0.361. The number of aromatic nitrogens is 2. The monoisotopic (exact) mass is 642 g/mol. The fourth-order valence-corrected chi connectivity index (χ4v) is 7.35. The number of hydrogen-bond acceptors (Lipinski definition) is 5. The second kappa shape index (κ2) is 15.9. The molecule has 5 rings (SSSR count). The maximum Gasteiger partial charge on any atom is 0.407 e. The van der Waals surface area contributed by atoms with Crippen LogP contribution in [0.25, 0.3) is 11.1 Å². The molecular formula is C39H54N4O4. The van der Waals surface area contributed by atoms with E-state index < -0.39 is 0 Å². The van der Waals surface area contributed by atoms with E-state index in [9.17, 15) is 9.59 Å². The predicted molar refractivity (Wildman–Crippen MR) is 188 cm³/mol. The zero-order valence-corrected chi connectivity index (χ0v) is 29.2. The van der Waals surface area contributed by atoms with Crippen LogP contribution in [-0.2, 0) is 9.53 Å². The average molecular weight is 643 g/mol. The molecular weight excluding hydrogens is 588 g/mol. The molecule has 2 aliphatic carbocycles. The molecule has 0 radical (unpaired) electrons. The first kappa shape index (κ1) is 34.5. The Hall–Kier alpha value is -3.81. The van der Waals surface area contributed by atoms with E-state index in [4.69, 9.17) is 9.47 Å². The Morgan fingerprint density at radius 1 is 0.936 bits per heavy atom. The highest BCUT2D eigenvalue weighted by atomic mass is 16.6. The number of hydrogen-bond donors (Lipinski definition) is 1. The largest absolute Gasteiger partial charge is 0.496 e. The summed E-state index contributed by atoms with van der Waals surface area (Å²) in [5, 5.41) is 7.47. The standard InChI is InChI=1S/C39H54N4O4/c1-26(2)43-25-35(23-41-43)33-8-7-9-36(21-33)42(38(44)32-16-10-29(11-17-32)22-40-39(45)47-27(3)4)24-30-12-14-31(15-13-30)34-18-19-37(46-6)28(5)20-34/h7-9,18-21,23,25-27,29-32H,10-17,22,24H2,1-6H3,(H,40,45)/t29-,30-,31-,32-. The Balaban J connectivity index is 1.28. The number of nitrogens with zero attached hydrogens (tertiary/aromatic N) is 3. The van der Waals surface area contributed by atoms with Crippen LogP contribution in [0.3, 0.4) is 0 Å². The maximum absolute atomic E-state index is 14.4. The molecule has 1 heterocycles. The Morgan fingerprint density at radius 2 is 1.66 bits per heavy atom. The van der Waals surface area contributed by atoms with Crippen molar-refractivity contribution >= 4 is 17.7 Å². The van der Waals surface area contributed by atoms with Crippen molar-refractivity contribution in [3.63, 3.8) is 0 Å². The molecule has 0 aliphatic heterocycles. The number of carbonyl (C=O) groups is 2. The summed E-state index contributed by atoms with van der Waals surface area (Å²) < 4.78 is 12.7. The highest BCUT2D eigenvalue weighted by molar-refractivity contribution is 5.95. The Morgan fingerprint density at radius 3 is 2.30 bits per heavy atom. The van der Waals surface area contributed by atoms with Crippen LogP contribution in [0.15, 0.2) is 54.9 Å². The SMILES string of the molecule is COc1ccc([C@H]2CC[C@H](CN(c3cccc(-c4cnn(C(C)C)c4)c3)C(=O)[C@H]3CC[C@H](CNC(=O)OC(C)C)CC3)CC2)cc1C. The first-order valence-corrected chi connectivity index (χ1v) is 17.7. The van der Waals surface area contributed by atoms with Crippen LogP contribution in [0, 0.1) is 24.7 Å². The van der Waals surface area contributed by atoms with E-state index in [1.165, 1.54) is 11.1 Å². The highest BCUT2D eigenvalue weighted by Gasteiger charge is 2.33. The average Bonchev–Trinajstić information content (AvgIpc) is 3.57. The van der Waals surface area contributed by atoms with Crippen molar-refractivity contribution in [2.45, 2.75) is 104 Å². The molecule has 1 N–H and O–H groups in total. The van der Waals surface area contributed by atoms with Gasteiger partial charge in [-0.25, -0.2) is 4.79 Å². The smallest absolute Gasteiger partial charge is 0.407 e. The lowest BCUT2D eigenvalue weighted by Crippen LogP contribution is -2.42. The van der Waals surface area contributed by atoms with Gasteiger partial charge in [-0.05, 0) is 139 Å². The van der Waals surface area contributed by atoms with Gasteiger partial charge in [0.1, 0.15) is 5.75 Å². The van der Waals surface area contributed by atoms with Crippen LogP contribution >= 0.6 is 0 Å². The van der Waals surface area contributed by atoms with Gasteiger partial charge in [-0.15, -0.1) is 0 Å². The van der Waals surface area contributed by atoms with Crippen LogP contribution in [0.5, 0.6) is 5.75 Å². The van der Waals surface area contributed by atoms with Crippen LogP contribution in [0.1, 0.15) is 102 Å². The number of rotatable bonds is 11. The molecule has 0 spiro atoms. The molecule has 3 aromatic rings. The molecule has 2 amide bonds. The molecule has 2 aliphatic rings. The van der Waals surface area contributed by atoms with Crippen LogP contribution in [0.2, 0.25) is 0 Å². The van der Waals surface area contributed by atoms with E-state index in [-0.39, 0.29) is 30.1 Å². The van der Waals surface area contributed by atoms with Gasteiger partial charge in [-0.1, -0.05) is 24.3 Å². The zero-order valence-electron chi connectivity index (χ0n) is 29.2. The molecule has 0 saturated heterocycles. The first-order valence-electron chi connectivity index (χ1n) is 17.7. The van der Waals surface area contributed by atoms with Crippen LogP contribution in [0.4, 0.5) is 10.5 Å². The fraction of sp³-hybridized carbons (Fsp3) is 0.564. The summed E-state index contributed by atoms with van der Waals surface area (Å²) in [6, 6.07) is 15.3. The first-order chi connectivity index (χ1) is 22.6. The van der Waals surface area contributed by atoms with Gasteiger partial charge in [0.25, 0.3) is 0 Å². The van der Waals surface area contributed by atoms with Gasteiger partial charge in [0.05, 0.1) is 19.4 Å². The number of anilines is 1. The summed E-state index contributed by atoms with van der Waals surface area (Å²) >= 11 is 0. The molecule has 0 unspecified atom stereocenters. The third kappa shape index (κ3) is 8.96. The van der Waals surface area contributed by atoms with Gasteiger partial charge in [-0.2, -0.15) is 5.10 Å². The number of aryl methyl sites for hydroxylation is 1. The summed E-state index contributed by atoms with van der Waals surface area (Å²) in [6.45, 7) is 11.4. The number of benzene rings is 2. The molecule has 47 heavy (non-hydrogen) atoms. The second-order valence-electron chi connectivity index (χ2n) is 14.3. The number of methoxy groups -OCH3 is 1. The van der Waals surface area contributed by atoms with Crippen molar-refractivity contribution < 1.29 is 19.1 Å². The fourth-order valence-electron chi connectivity index (χ4n) is 7.35. The number of ether oxygens (including phenoxy) is 2. The lowest BCUT2D eigenvalue weighted by atomic mass is 9.77. The van der Waals surface area contributed by atoms with E-state index >= 15 is 0 Å².